The average Bonchev–Trinajstić information content (AvgIpc) is 2.11. The first kappa shape index (κ1) is 12.0. The van der Waals surface area contributed by atoms with Crippen molar-refractivity contribution in [2.75, 3.05) is 6.54 Å². The molecule has 1 fully saturated rings. The highest BCUT2D eigenvalue weighted by Gasteiger charge is 2.26. The molecule has 0 aliphatic carbocycles. The van der Waals surface area contributed by atoms with Gasteiger partial charge in [0.1, 0.15) is 0 Å². The van der Waals surface area contributed by atoms with E-state index in [0.29, 0.717) is 12.0 Å². The number of hydrogen-bond donors (Lipinski definition) is 1. The van der Waals surface area contributed by atoms with E-state index in [1.54, 1.807) is 0 Å². The van der Waals surface area contributed by atoms with Crippen molar-refractivity contribution < 1.29 is 0 Å². The Bertz CT molecular complexity index is 158. The summed E-state index contributed by atoms with van der Waals surface area (Å²) in [5.74, 6) is 0.609. The highest BCUT2D eigenvalue weighted by Crippen LogP contribution is 2.23. The molecule has 84 valence electrons. The Labute approximate surface area is 88.8 Å². The van der Waals surface area contributed by atoms with Gasteiger partial charge in [-0.15, -0.1) is 0 Å². The fraction of sp³-hybridized carbons (Fsp3) is 1.00. The number of rotatable bonds is 3. The second kappa shape index (κ2) is 5.13. The predicted molar refractivity (Wildman–Crippen MR) is 62.3 cm³/mol. The Kier molecular flexibility index (Phi) is 4.39. The molecule has 1 saturated heterocycles. The third-order valence-corrected chi connectivity index (χ3v) is 3.77. The molecule has 0 amide bonds. The Morgan fingerprint density at radius 3 is 2.14 bits per heavy atom. The van der Waals surface area contributed by atoms with E-state index in [-0.39, 0.29) is 0 Å². The van der Waals surface area contributed by atoms with E-state index in [1.807, 2.05) is 0 Å². The van der Waals surface area contributed by atoms with Gasteiger partial charge in [0, 0.05) is 24.7 Å². The number of likely N-dealkylation sites (tertiary alicyclic amines) is 1. The molecule has 4 unspecified atom stereocenters. The number of piperidine rings is 1. The van der Waals surface area contributed by atoms with Crippen LogP contribution in [0.5, 0.6) is 0 Å². The molecule has 1 rings (SSSR count). The van der Waals surface area contributed by atoms with Crippen molar-refractivity contribution in [2.24, 2.45) is 11.7 Å². The van der Waals surface area contributed by atoms with Crippen LogP contribution in [0.4, 0.5) is 0 Å². The second-order valence-electron chi connectivity index (χ2n) is 5.16. The van der Waals surface area contributed by atoms with E-state index in [0.717, 1.165) is 12.1 Å². The van der Waals surface area contributed by atoms with Crippen molar-refractivity contribution >= 4 is 0 Å². The van der Waals surface area contributed by atoms with Crippen LogP contribution in [-0.4, -0.2) is 29.6 Å². The molecular formula is C12H26N2. The molecule has 0 aromatic rings. The maximum absolute atomic E-state index is 5.92. The summed E-state index contributed by atoms with van der Waals surface area (Å²) in [5.41, 5.74) is 5.92. The van der Waals surface area contributed by atoms with Crippen LogP contribution in [-0.2, 0) is 0 Å². The lowest BCUT2D eigenvalue weighted by Gasteiger charge is -2.41. The minimum Gasteiger partial charge on any atom is -0.328 e. The van der Waals surface area contributed by atoms with E-state index >= 15 is 0 Å². The fourth-order valence-electron chi connectivity index (χ4n) is 2.33. The van der Waals surface area contributed by atoms with Gasteiger partial charge in [0.25, 0.3) is 0 Å². The lowest BCUT2D eigenvalue weighted by molar-refractivity contribution is 0.0832. The van der Waals surface area contributed by atoms with Crippen LogP contribution in [0.1, 0.15) is 47.0 Å². The molecule has 2 nitrogen and oxygen atoms in total. The molecule has 0 spiro atoms. The van der Waals surface area contributed by atoms with Crippen molar-refractivity contribution in [2.45, 2.75) is 65.1 Å². The Hall–Kier alpha value is -0.0800. The Morgan fingerprint density at radius 2 is 1.71 bits per heavy atom. The zero-order chi connectivity index (χ0) is 10.7. The topological polar surface area (TPSA) is 29.3 Å². The first-order valence-electron chi connectivity index (χ1n) is 6.03. The van der Waals surface area contributed by atoms with Crippen molar-refractivity contribution in [1.82, 2.24) is 4.90 Å². The van der Waals surface area contributed by atoms with Gasteiger partial charge in [-0.3, -0.25) is 4.90 Å². The number of nitrogens with zero attached hydrogens (tertiary/aromatic N) is 1. The molecule has 4 atom stereocenters. The maximum atomic E-state index is 5.92. The molecule has 0 radical (unpaired) electrons. The molecule has 1 aliphatic heterocycles. The molecule has 1 aliphatic rings. The van der Waals surface area contributed by atoms with Crippen LogP contribution in [0.2, 0.25) is 0 Å². The van der Waals surface area contributed by atoms with Crippen molar-refractivity contribution in [3.63, 3.8) is 0 Å². The van der Waals surface area contributed by atoms with Crippen LogP contribution in [0.3, 0.4) is 0 Å². The van der Waals surface area contributed by atoms with Gasteiger partial charge in [-0.25, -0.2) is 0 Å². The van der Waals surface area contributed by atoms with Crippen LogP contribution >= 0.6 is 0 Å². The highest BCUT2D eigenvalue weighted by molar-refractivity contribution is 4.82. The average molecular weight is 198 g/mol. The zero-order valence-corrected chi connectivity index (χ0v) is 10.2. The lowest BCUT2D eigenvalue weighted by atomic mass is 9.94. The van der Waals surface area contributed by atoms with Gasteiger partial charge in [-0.1, -0.05) is 13.3 Å². The number of nitrogens with two attached hydrogens (primary N) is 1. The maximum Gasteiger partial charge on any atom is 0.00698 e. The summed E-state index contributed by atoms with van der Waals surface area (Å²) in [6, 6.07) is 1.82. The summed E-state index contributed by atoms with van der Waals surface area (Å²) >= 11 is 0. The van der Waals surface area contributed by atoms with E-state index in [1.165, 1.54) is 25.8 Å². The molecule has 0 bridgehead atoms. The van der Waals surface area contributed by atoms with Crippen LogP contribution < -0.4 is 5.73 Å². The molecule has 1 heterocycles. The lowest BCUT2D eigenvalue weighted by Crippen LogP contribution is -2.47. The summed E-state index contributed by atoms with van der Waals surface area (Å²) in [6.07, 6.45) is 4.11. The van der Waals surface area contributed by atoms with Crippen molar-refractivity contribution in [1.29, 1.82) is 0 Å². The van der Waals surface area contributed by atoms with Crippen molar-refractivity contribution in [3.05, 3.63) is 0 Å². The minimum absolute atomic E-state index is 0.316. The summed E-state index contributed by atoms with van der Waals surface area (Å²) in [6.45, 7) is 10.2. The van der Waals surface area contributed by atoms with Crippen molar-refractivity contribution in [3.8, 4) is 0 Å². The van der Waals surface area contributed by atoms with Gasteiger partial charge < -0.3 is 5.73 Å². The summed E-state index contributed by atoms with van der Waals surface area (Å²) in [5, 5.41) is 0. The standard InChI is InChI=1S/C12H26N2/c1-9(12(4)13)8-14-10(2)6-5-7-11(14)3/h9-12H,5-8,13H2,1-4H3. The van der Waals surface area contributed by atoms with E-state index < -0.39 is 0 Å². The zero-order valence-electron chi connectivity index (χ0n) is 10.2. The third-order valence-electron chi connectivity index (χ3n) is 3.77. The normalized spacial score (nSPS) is 34.1. The summed E-state index contributed by atoms with van der Waals surface area (Å²) < 4.78 is 0. The molecule has 2 N–H and O–H groups in total. The Morgan fingerprint density at radius 1 is 1.21 bits per heavy atom. The van der Waals surface area contributed by atoms with Gasteiger partial charge in [-0.2, -0.15) is 0 Å². The first-order chi connectivity index (χ1) is 6.52. The second-order valence-corrected chi connectivity index (χ2v) is 5.16. The highest BCUT2D eigenvalue weighted by atomic mass is 15.2. The third kappa shape index (κ3) is 2.96. The van der Waals surface area contributed by atoms with Gasteiger partial charge in [0.2, 0.25) is 0 Å². The largest absolute Gasteiger partial charge is 0.328 e. The SMILES string of the molecule is CC(N)C(C)CN1C(C)CCCC1C. The smallest absolute Gasteiger partial charge is 0.00698 e. The number of hydrogen-bond acceptors (Lipinski definition) is 2. The van der Waals surface area contributed by atoms with Gasteiger partial charge >= 0.3 is 0 Å². The van der Waals surface area contributed by atoms with Crippen LogP contribution in [0.15, 0.2) is 0 Å². The quantitative estimate of drug-likeness (QED) is 0.753. The molecule has 2 heteroatoms. The van der Waals surface area contributed by atoms with Gasteiger partial charge in [0.15, 0.2) is 0 Å². The minimum atomic E-state index is 0.316. The summed E-state index contributed by atoms with van der Waals surface area (Å²) in [7, 11) is 0. The van der Waals surface area contributed by atoms with Gasteiger partial charge in [0.05, 0.1) is 0 Å². The summed E-state index contributed by atoms with van der Waals surface area (Å²) in [4.78, 5) is 2.64. The van der Waals surface area contributed by atoms with E-state index in [2.05, 4.69) is 32.6 Å². The predicted octanol–water partition coefficient (Wildman–Crippen LogP) is 2.23. The van der Waals surface area contributed by atoms with E-state index in [9.17, 15) is 0 Å². The Balaban J connectivity index is 2.47. The molecule has 14 heavy (non-hydrogen) atoms. The molecular weight excluding hydrogens is 172 g/mol. The molecule has 0 aromatic carbocycles. The van der Waals surface area contributed by atoms with E-state index in [4.69, 9.17) is 5.73 Å². The van der Waals surface area contributed by atoms with Crippen LogP contribution in [0.25, 0.3) is 0 Å². The fourth-order valence-corrected chi connectivity index (χ4v) is 2.33. The first-order valence-corrected chi connectivity index (χ1v) is 6.03. The molecule has 0 saturated carbocycles. The molecule has 0 aromatic heterocycles. The van der Waals surface area contributed by atoms with Gasteiger partial charge in [-0.05, 0) is 39.5 Å². The monoisotopic (exact) mass is 198 g/mol. The van der Waals surface area contributed by atoms with Crippen LogP contribution in [0, 0.1) is 5.92 Å².